The van der Waals surface area contributed by atoms with Gasteiger partial charge in [-0.3, -0.25) is 0 Å². The molecular weight excluding hydrogens is 280 g/mol. The van der Waals surface area contributed by atoms with Gasteiger partial charge < -0.3 is 10.1 Å². The number of ether oxygens (including phenoxy) is 1. The van der Waals surface area contributed by atoms with Crippen molar-refractivity contribution >= 4 is 17.4 Å². The molecule has 0 saturated carbocycles. The fraction of sp³-hybridized carbons (Fsp3) is 0.235. The van der Waals surface area contributed by atoms with E-state index in [1.165, 1.54) is 5.56 Å². The lowest BCUT2D eigenvalue weighted by Gasteiger charge is -2.10. The van der Waals surface area contributed by atoms with E-state index >= 15 is 0 Å². The van der Waals surface area contributed by atoms with Crippen molar-refractivity contribution in [1.29, 1.82) is 5.26 Å². The van der Waals surface area contributed by atoms with Gasteiger partial charge in [0.05, 0.1) is 18.4 Å². The maximum atomic E-state index is 9.29. The lowest BCUT2D eigenvalue weighted by atomic mass is 10.1. The largest absolute Gasteiger partial charge is 0.497 e. The molecule has 0 aliphatic carbocycles. The summed E-state index contributed by atoms with van der Waals surface area (Å²) in [6.07, 6.45) is 2.88. The highest BCUT2D eigenvalue weighted by molar-refractivity contribution is 7.98. The van der Waals surface area contributed by atoms with E-state index < -0.39 is 0 Å². The monoisotopic (exact) mass is 298 g/mol. The minimum absolute atomic E-state index is 0.722. The van der Waals surface area contributed by atoms with Crippen LogP contribution >= 0.6 is 11.8 Å². The third-order valence-corrected chi connectivity index (χ3v) is 4.03. The summed E-state index contributed by atoms with van der Waals surface area (Å²) < 4.78 is 5.14. The molecular formula is C17H18N2OS. The van der Waals surface area contributed by atoms with Crippen LogP contribution in [0.25, 0.3) is 0 Å². The number of nitrogens with zero attached hydrogens (tertiary/aromatic N) is 1. The summed E-state index contributed by atoms with van der Waals surface area (Å²) in [6.45, 7) is 0.791. The lowest BCUT2D eigenvalue weighted by molar-refractivity contribution is 0.414. The van der Waals surface area contributed by atoms with E-state index in [2.05, 4.69) is 23.5 Å². The third kappa shape index (κ3) is 3.93. The Morgan fingerprint density at radius 3 is 2.57 bits per heavy atom. The number of nitriles is 1. The SMILES string of the molecule is COc1ccc(CCNc2cccc(SC)c2C#N)cc1. The number of anilines is 1. The Kier molecular flexibility index (Phi) is 5.53. The summed E-state index contributed by atoms with van der Waals surface area (Å²) in [5.41, 5.74) is 2.86. The average Bonchev–Trinajstić information content (AvgIpc) is 2.55. The van der Waals surface area contributed by atoms with Crippen LogP contribution in [-0.2, 0) is 6.42 Å². The second-order valence-corrected chi connectivity index (χ2v) is 5.37. The Morgan fingerprint density at radius 1 is 1.19 bits per heavy atom. The molecule has 0 spiro atoms. The van der Waals surface area contributed by atoms with Crippen LogP contribution < -0.4 is 10.1 Å². The van der Waals surface area contributed by atoms with Crippen LogP contribution in [0.1, 0.15) is 11.1 Å². The third-order valence-electron chi connectivity index (χ3n) is 3.25. The highest BCUT2D eigenvalue weighted by atomic mass is 32.2. The molecule has 0 heterocycles. The second-order valence-electron chi connectivity index (χ2n) is 4.52. The molecule has 0 atom stereocenters. The minimum Gasteiger partial charge on any atom is -0.497 e. The number of benzene rings is 2. The van der Waals surface area contributed by atoms with Gasteiger partial charge in [0.2, 0.25) is 0 Å². The Balaban J connectivity index is 1.98. The molecule has 21 heavy (non-hydrogen) atoms. The minimum atomic E-state index is 0.722. The summed E-state index contributed by atoms with van der Waals surface area (Å²) in [5, 5.41) is 12.6. The van der Waals surface area contributed by atoms with Crippen molar-refractivity contribution in [3.63, 3.8) is 0 Å². The standard InChI is InChI=1S/C17H18N2OS/c1-20-14-8-6-13(7-9-14)10-11-19-16-4-3-5-17(21-2)15(16)12-18/h3-9,19H,10-11H2,1-2H3. The average molecular weight is 298 g/mol. The fourth-order valence-corrected chi connectivity index (χ4v) is 2.67. The van der Waals surface area contributed by atoms with E-state index in [-0.39, 0.29) is 0 Å². The Bertz CT molecular complexity index is 632. The molecule has 2 aromatic carbocycles. The van der Waals surface area contributed by atoms with E-state index in [1.54, 1.807) is 18.9 Å². The van der Waals surface area contributed by atoms with Crippen LogP contribution in [0, 0.1) is 11.3 Å². The van der Waals surface area contributed by atoms with E-state index in [1.807, 2.05) is 36.6 Å². The molecule has 3 nitrogen and oxygen atoms in total. The van der Waals surface area contributed by atoms with Crippen LogP contribution in [0.4, 0.5) is 5.69 Å². The van der Waals surface area contributed by atoms with Gasteiger partial charge in [-0.1, -0.05) is 18.2 Å². The first-order valence-electron chi connectivity index (χ1n) is 6.72. The smallest absolute Gasteiger partial charge is 0.118 e. The Labute approximate surface area is 129 Å². The fourth-order valence-electron chi connectivity index (χ4n) is 2.10. The summed E-state index contributed by atoms with van der Waals surface area (Å²) in [7, 11) is 1.67. The zero-order chi connectivity index (χ0) is 15.1. The van der Waals surface area contributed by atoms with Gasteiger partial charge in [0.25, 0.3) is 0 Å². The van der Waals surface area contributed by atoms with Gasteiger partial charge in [0, 0.05) is 11.4 Å². The molecule has 0 amide bonds. The molecule has 0 saturated heterocycles. The zero-order valence-electron chi connectivity index (χ0n) is 12.2. The van der Waals surface area contributed by atoms with Gasteiger partial charge in [-0.2, -0.15) is 5.26 Å². The first-order valence-corrected chi connectivity index (χ1v) is 7.95. The second kappa shape index (κ2) is 7.61. The summed E-state index contributed by atoms with van der Waals surface area (Å²) in [4.78, 5) is 1.01. The van der Waals surface area contributed by atoms with Crippen molar-refractivity contribution in [3.05, 3.63) is 53.6 Å². The van der Waals surface area contributed by atoms with E-state index in [0.717, 1.165) is 34.9 Å². The van der Waals surface area contributed by atoms with Crippen LogP contribution in [0.15, 0.2) is 47.4 Å². The van der Waals surface area contributed by atoms with Gasteiger partial charge >= 0.3 is 0 Å². The highest BCUT2D eigenvalue weighted by Crippen LogP contribution is 2.26. The lowest BCUT2D eigenvalue weighted by Crippen LogP contribution is -2.06. The Morgan fingerprint density at radius 2 is 1.95 bits per heavy atom. The molecule has 1 N–H and O–H groups in total. The van der Waals surface area contributed by atoms with Gasteiger partial charge in [-0.15, -0.1) is 11.8 Å². The van der Waals surface area contributed by atoms with Crippen LogP contribution in [0.2, 0.25) is 0 Å². The zero-order valence-corrected chi connectivity index (χ0v) is 13.0. The van der Waals surface area contributed by atoms with Gasteiger partial charge in [0.1, 0.15) is 11.8 Å². The van der Waals surface area contributed by atoms with E-state index in [4.69, 9.17) is 4.74 Å². The van der Waals surface area contributed by atoms with Gasteiger partial charge in [-0.25, -0.2) is 0 Å². The number of thioether (sulfide) groups is 1. The molecule has 4 heteroatoms. The van der Waals surface area contributed by atoms with Crippen molar-refractivity contribution in [2.24, 2.45) is 0 Å². The molecule has 0 bridgehead atoms. The maximum absolute atomic E-state index is 9.29. The summed E-state index contributed by atoms with van der Waals surface area (Å²) >= 11 is 1.59. The van der Waals surface area contributed by atoms with Crippen molar-refractivity contribution in [1.82, 2.24) is 0 Å². The number of hydrogen-bond donors (Lipinski definition) is 1. The first-order chi connectivity index (χ1) is 10.3. The molecule has 0 radical (unpaired) electrons. The first kappa shape index (κ1) is 15.3. The normalized spacial score (nSPS) is 9.95. The van der Waals surface area contributed by atoms with E-state index in [9.17, 15) is 5.26 Å². The summed E-state index contributed by atoms with van der Waals surface area (Å²) in [5.74, 6) is 0.867. The predicted molar refractivity (Wildman–Crippen MR) is 88.1 cm³/mol. The molecule has 2 aromatic rings. The van der Waals surface area contributed by atoms with Gasteiger partial charge in [-0.05, 0) is 42.5 Å². The molecule has 0 unspecified atom stereocenters. The number of rotatable bonds is 6. The predicted octanol–water partition coefficient (Wildman–Crippen LogP) is 3.94. The quantitative estimate of drug-likeness (QED) is 0.820. The van der Waals surface area contributed by atoms with Crippen molar-refractivity contribution in [2.45, 2.75) is 11.3 Å². The van der Waals surface area contributed by atoms with Crippen LogP contribution in [0.3, 0.4) is 0 Å². The van der Waals surface area contributed by atoms with Crippen molar-refractivity contribution in [2.75, 3.05) is 25.2 Å². The number of nitrogens with one attached hydrogen (secondary N) is 1. The Hall–Kier alpha value is -2.12. The maximum Gasteiger partial charge on any atom is 0.118 e. The topological polar surface area (TPSA) is 45.0 Å². The van der Waals surface area contributed by atoms with Crippen molar-refractivity contribution < 1.29 is 4.74 Å². The van der Waals surface area contributed by atoms with Crippen LogP contribution in [0.5, 0.6) is 5.75 Å². The van der Waals surface area contributed by atoms with Crippen LogP contribution in [-0.4, -0.2) is 19.9 Å². The van der Waals surface area contributed by atoms with E-state index in [0.29, 0.717) is 0 Å². The molecule has 0 aliphatic heterocycles. The molecule has 2 rings (SSSR count). The van der Waals surface area contributed by atoms with Crippen molar-refractivity contribution in [3.8, 4) is 11.8 Å². The molecule has 0 aliphatic rings. The van der Waals surface area contributed by atoms with Gasteiger partial charge in [0.15, 0.2) is 0 Å². The number of hydrogen-bond acceptors (Lipinski definition) is 4. The highest BCUT2D eigenvalue weighted by Gasteiger charge is 2.06. The molecule has 0 fully saturated rings. The number of methoxy groups -OCH3 is 1. The molecule has 0 aromatic heterocycles. The molecule has 108 valence electrons. The summed E-state index contributed by atoms with van der Waals surface area (Å²) in [6, 6.07) is 16.2.